The van der Waals surface area contributed by atoms with Gasteiger partial charge in [-0.15, -0.1) is 0 Å². The van der Waals surface area contributed by atoms with Crippen LogP contribution in [0.5, 0.6) is 0 Å². The Morgan fingerprint density at radius 2 is 1.72 bits per heavy atom. The Balaban J connectivity index is 4.37. The van der Waals surface area contributed by atoms with Gasteiger partial charge in [-0.2, -0.15) is 0 Å². The third kappa shape index (κ3) is 6.19. The van der Waals surface area contributed by atoms with Crippen molar-refractivity contribution in [3.8, 4) is 0 Å². The summed E-state index contributed by atoms with van der Waals surface area (Å²) >= 11 is 0. The Kier molecular flexibility index (Phi) is 6.32. The molecule has 7 heteroatoms. The zero-order chi connectivity index (χ0) is 14.3. The maximum atomic E-state index is 11.4. The maximum Gasteiger partial charge on any atom is 0.336 e. The molecule has 0 aliphatic heterocycles. The number of hydrogen-bond donors (Lipinski definition) is 4. The average molecular weight is 261 g/mol. The molecule has 4 N–H and O–H groups in total. The van der Waals surface area contributed by atoms with Crippen LogP contribution < -0.4 is 5.32 Å². The number of hydrogen-bond acceptors (Lipinski definition) is 4. The van der Waals surface area contributed by atoms with Crippen molar-refractivity contribution in [2.45, 2.75) is 38.7 Å². The second kappa shape index (κ2) is 6.95. The molecule has 0 aromatic carbocycles. The van der Waals surface area contributed by atoms with Crippen LogP contribution in [-0.4, -0.2) is 45.3 Å². The quantitative estimate of drug-likeness (QED) is 0.481. The number of rotatable bonds is 8. The van der Waals surface area contributed by atoms with Crippen molar-refractivity contribution in [2.24, 2.45) is 5.92 Å². The highest BCUT2D eigenvalue weighted by molar-refractivity contribution is 5.90. The first-order valence-corrected chi connectivity index (χ1v) is 5.61. The summed E-state index contributed by atoms with van der Waals surface area (Å²) in [5, 5.41) is 29.3. The summed E-state index contributed by atoms with van der Waals surface area (Å²) in [6.07, 6.45) is -1.07. The molecule has 0 bridgehead atoms. The molecule has 0 aromatic heterocycles. The zero-order valence-corrected chi connectivity index (χ0v) is 10.5. The van der Waals surface area contributed by atoms with Gasteiger partial charge in [0.1, 0.15) is 0 Å². The van der Waals surface area contributed by atoms with E-state index in [9.17, 15) is 19.5 Å². The maximum absolute atomic E-state index is 11.4. The van der Waals surface area contributed by atoms with Crippen molar-refractivity contribution in [1.82, 2.24) is 5.32 Å². The van der Waals surface area contributed by atoms with Gasteiger partial charge in [-0.05, 0) is 12.3 Å². The van der Waals surface area contributed by atoms with E-state index in [4.69, 9.17) is 10.2 Å². The van der Waals surface area contributed by atoms with E-state index < -0.39 is 36.3 Å². The van der Waals surface area contributed by atoms with Gasteiger partial charge in [-0.3, -0.25) is 9.59 Å². The molecule has 0 spiro atoms. The van der Waals surface area contributed by atoms with Crippen LogP contribution in [0.25, 0.3) is 0 Å². The van der Waals surface area contributed by atoms with Crippen LogP contribution in [0.3, 0.4) is 0 Å². The molecular formula is C11H19NO6. The van der Waals surface area contributed by atoms with Crippen molar-refractivity contribution in [3.63, 3.8) is 0 Å². The fourth-order valence-corrected chi connectivity index (χ4v) is 1.29. The normalized spacial score (nSPS) is 14.0. The molecule has 18 heavy (non-hydrogen) atoms. The molecule has 0 radical (unpaired) electrons. The van der Waals surface area contributed by atoms with Crippen LogP contribution in [0, 0.1) is 5.92 Å². The van der Waals surface area contributed by atoms with Crippen molar-refractivity contribution < 1.29 is 29.7 Å². The number of aliphatic hydroxyl groups is 1. The Labute approximate surface area is 105 Å². The van der Waals surface area contributed by atoms with E-state index in [1.54, 1.807) is 0 Å². The van der Waals surface area contributed by atoms with Gasteiger partial charge in [-0.25, -0.2) is 4.79 Å². The fraction of sp³-hybridized carbons (Fsp3) is 0.727. The smallest absolute Gasteiger partial charge is 0.336 e. The predicted molar refractivity (Wildman–Crippen MR) is 61.9 cm³/mol. The molecule has 0 heterocycles. The Morgan fingerprint density at radius 1 is 1.17 bits per heavy atom. The number of aliphatic carboxylic acids is 2. The second-order valence-electron chi connectivity index (χ2n) is 4.62. The van der Waals surface area contributed by atoms with Gasteiger partial charge in [0.15, 0.2) is 5.60 Å². The van der Waals surface area contributed by atoms with E-state index in [-0.39, 0.29) is 0 Å². The molecule has 1 atom stereocenters. The highest BCUT2D eigenvalue weighted by atomic mass is 16.4. The monoisotopic (exact) mass is 261 g/mol. The molecule has 104 valence electrons. The number of carboxylic acid groups (broad SMARTS) is 2. The SMILES string of the molecule is CC(C)CCNC(=O)CC(O)(CC(=O)O)C(=O)O. The predicted octanol–water partition coefficient (Wildman–Crippen LogP) is -0.171. The lowest BCUT2D eigenvalue weighted by atomic mass is 9.95. The summed E-state index contributed by atoms with van der Waals surface area (Å²) in [7, 11) is 0. The first-order valence-electron chi connectivity index (χ1n) is 5.61. The van der Waals surface area contributed by atoms with Crippen LogP contribution in [0.4, 0.5) is 0 Å². The molecule has 0 aromatic rings. The highest BCUT2D eigenvalue weighted by Gasteiger charge is 2.40. The molecule has 0 aliphatic rings. The lowest BCUT2D eigenvalue weighted by Gasteiger charge is -2.20. The molecule has 0 rings (SSSR count). The van der Waals surface area contributed by atoms with Gasteiger partial charge in [0, 0.05) is 6.54 Å². The van der Waals surface area contributed by atoms with E-state index >= 15 is 0 Å². The summed E-state index contributed by atoms with van der Waals surface area (Å²) < 4.78 is 0. The first kappa shape index (κ1) is 16.4. The molecule has 1 amide bonds. The van der Waals surface area contributed by atoms with E-state index in [0.29, 0.717) is 12.5 Å². The van der Waals surface area contributed by atoms with Crippen LogP contribution in [0.15, 0.2) is 0 Å². The van der Waals surface area contributed by atoms with Gasteiger partial charge in [0.05, 0.1) is 12.8 Å². The largest absolute Gasteiger partial charge is 0.481 e. The first-order chi connectivity index (χ1) is 8.17. The fourth-order valence-electron chi connectivity index (χ4n) is 1.29. The second-order valence-corrected chi connectivity index (χ2v) is 4.62. The van der Waals surface area contributed by atoms with Crippen molar-refractivity contribution >= 4 is 17.8 Å². The Morgan fingerprint density at radius 3 is 2.11 bits per heavy atom. The van der Waals surface area contributed by atoms with Crippen LogP contribution in [0.2, 0.25) is 0 Å². The van der Waals surface area contributed by atoms with Crippen molar-refractivity contribution in [2.75, 3.05) is 6.54 Å². The molecular weight excluding hydrogens is 242 g/mol. The Hall–Kier alpha value is -1.63. The summed E-state index contributed by atoms with van der Waals surface area (Å²) in [5.74, 6) is -3.50. The Bertz CT molecular complexity index is 327. The van der Waals surface area contributed by atoms with Crippen molar-refractivity contribution in [3.05, 3.63) is 0 Å². The number of carbonyl (C=O) groups excluding carboxylic acids is 1. The van der Waals surface area contributed by atoms with Crippen molar-refractivity contribution in [1.29, 1.82) is 0 Å². The minimum Gasteiger partial charge on any atom is -0.481 e. The van der Waals surface area contributed by atoms with E-state index in [1.165, 1.54) is 0 Å². The summed E-state index contributed by atoms with van der Waals surface area (Å²) in [6.45, 7) is 4.29. The lowest BCUT2D eigenvalue weighted by molar-refractivity contribution is -0.167. The molecule has 7 nitrogen and oxygen atoms in total. The van der Waals surface area contributed by atoms with Gasteiger partial charge in [0.2, 0.25) is 5.91 Å². The number of carbonyl (C=O) groups is 3. The van der Waals surface area contributed by atoms with E-state index in [1.807, 2.05) is 13.8 Å². The van der Waals surface area contributed by atoms with Gasteiger partial charge >= 0.3 is 11.9 Å². The topological polar surface area (TPSA) is 124 Å². The third-order valence-corrected chi connectivity index (χ3v) is 2.34. The highest BCUT2D eigenvalue weighted by Crippen LogP contribution is 2.16. The third-order valence-electron chi connectivity index (χ3n) is 2.34. The standard InChI is InChI=1S/C11H19NO6/c1-7(2)3-4-12-8(13)5-11(18,10(16)17)6-9(14)15/h7,18H,3-6H2,1-2H3,(H,12,13)(H,14,15)(H,16,17). The van der Waals surface area contributed by atoms with Crippen LogP contribution in [0.1, 0.15) is 33.1 Å². The minimum atomic E-state index is -2.56. The average Bonchev–Trinajstić information content (AvgIpc) is 2.14. The van der Waals surface area contributed by atoms with E-state index in [2.05, 4.69) is 5.32 Å². The molecule has 0 aliphatic carbocycles. The molecule has 0 saturated carbocycles. The number of carboxylic acids is 2. The van der Waals surface area contributed by atoms with Crippen LogP contribution in [-0.2, 0) is 14.4 Å². The summed E-state index contributed by atoms with van der Waals surface area (Å²) in [4.78, 5) is 32.6. The molecule has 0 saturated heterocycles. The number of amides is 1. The summed E-state index contributed by atoms with van der Waals surface area (Å²) in [6, 6.07) is 0. The van der Waals surface area contributed by atoms with Gasteiger partial charge < -0.3 is 20.6 Å². The lowest BCUT2D eigenvalue weighted by Crippen LogP contribution is -2.45. The molecule has 0 fully saturated rings. The van der Waals surface area contributed by atoms with Crippen LogP contribution >= 0.6 is 0 Å². The minimum absolute atomic E-state index is 0.360. The van der Waals surface area contributed by atoms with Gasteiger partial charge in [-0.1, -0.05) is 13.8 Å². The number of nitrogens with one attached hydrogen (secondary N) is 1. The van der Waals surface area contributed by atoms with Gasteiger partial charge in [0.25, 0.3) is 0 Å². The zero-order valence-electron chi connectivity index (χ0n) is 10.5. The van der Waals surface area contributed by atoms with E-state index in [0.717, 1.165) is 6.42 Å². The molecule has 1 unspecified atom stereocenters. The summed E-state index contributed by atoms with van der Waals surface area (Å²) in [5.41, 5.74) is -2.56.